The van der Waals surface area contributed by atoms with E-state index in [-0.39, 0.29) is 33.6 Å². The van der Waals surface area contributed by atoms with E-state index in [0.717, 1.165) is 24.5 Å². The number of hydrogen-bond acceptors (Lipinski definition) is 4. The van der Waals surface area contributed by atoms with Crippen LogP contribution in [0.1, 0.15) is 10.4 Å². The first-order valence-corrected chi connectivity index (χ1v) is 10.5. The summed E-state index contributed by atoms with van der Waals surface area (Å²) in [4.78, 5) is 40.8. The van der Waals surface area contributed by atoms with Gasteiger partial charge in [-0.05, 0) is 35.4 Å². The number of nitrogen functional groups attached to an aromatic ring is 1. The Hall–Kier alpha value is -4.67. The van der Waals surface area contributed by atoms with E-state index in [2.05, 4.69) is 10.3 Å². The Labute approximate surface area is 200 Å². The molecule has 0 saturated carbocycles. The second-order valence-electron chi connectivity index (χ2n) is 7.87. The summed E-state index contributed by atoms with van der Waals surface area (Å²) in [6.45, 7) is -1.44. The summed E-state index contributed by atoms with van der Waals surface area (Å²) in [6, 6.07) is 11.9. The van der Waals surface area contributed by atoms with Crippen molar-refractivity contribution in [1.82, 2.24) is 9.55 Å². The van der Waals surface area contributed by atoms with Crippen LogP contribution >= 0.6 is 0 Å². The van der Waals surface area contributed by atoms with Crippen molar-refractivity contribution in [2.24, 2.45) is 0 Å². The van der Waals surface area contributed by atoms with Crippen molar-refractivity contribution >= 4 is 17.4 Å². The molecule has 2 aromatic carbocycles. The van der Waals surface area contributed by atoms with Crippen molar-refractivity contribution in [3.63, 3.8) is 0 Å². The van der Waals surface area contributed by atoms with E-state index >= 15 is 0 Å². The summed E-state index contributed by atoms with van der Waals surface area (Å²) in [5, 5.41) is 2.47. The standard InChI is InChI=1S/C25H18F4N4O3/c26-16-5-1-14(2-6-16)18-11-33(13-25(27,28)29)12-19(22(18)35)24(36)32-17-7-3-15(4-8-17)21-20(34)9-10-31-23(21)30/h1-12H,13H2,(H,32,36)(H3,30,31,34). The topological polar surface area (TPSA) is 110 Å². The maximum atomic E-state index is 13.3. The van der Waals surface area contributed by atoms with Crippen molar-refractivity contribution in [2.75, 3.05) is 11.1 Å². The van der Waals surface area contributed by atoms with Crippen LogP contribution in [-0.4, -0.2) is 21.6 Å². The smallest absolute Gasteiger partial charge is 0.385 e. The number of carbonyl (C=O) groups is 1. The molecule has 4 rings (SSSR count). The van der Waals surface area contributed by atoms with Gasteiger partial charge in [0.25, 0.3) is 5.91 Å². The summed E-state index contributed by atoms with van der Waals surface area (Å²) in [6.07, 6.45) is -1.43. The molecular formula is C25H18F4N4O3. The van der Waals surface area contributed by atoms with Gasteiger partial charge in [0.15, 0.2) is 5.43 Å². The number of nitrogens with one attached hydrogen (secondary N) is 2. The first-order chi connectivity index (χ1) is 17.0. The number of benzene rings is 2. The number of anilines is 2. The molecular weight excluding hydrogens is 480 g/mol. The summed E-state index contributed by atoms with van der Waals surface area (Å²) in [5.41, 5.74) is 5.05. The Morgan fingerprint density at radius 2 is 1.58 bits per heavy atom. The highest BCUT2D eigenvalue weighted by Gasteiger charge is 2.29. The highest BCUT2D eigenvalue weighted by atomic mass is 19.4. The number of aromatic amines is 1. The van der Waals surface area contributed by atoms with Gasteiger partial charge < -0.3 is 20.6 Å². The van der Waals surface area contributed by atoms with E-state index < -0.39 is 35.4 Å². The highest BCUT2D eigenvalue weighted by Crippen LogP contribution is 2.24. The number of nitrogens with zero attached hydrogens (tertiary/aromatic N) is 1. The zero-order valence-electron chi connectivity index (χ0n) is 18.4. The van der Waals surface area contributed by atoms with Gasteiger partial charge in [-0.2, -0.15) is 13.2 Å². The molecule has 0 fully saturated rings. The lowest BCUT2D eigenvalue weighted by Gasteiger charge is -2.14. The van der Waals surface area contributed by atoms with Crippen molar-refractivity contribution in [2.45, 2.75) is 12.7 Å². The van der Waals surface area contributed by atoms with Gasteiger partial charge in [-0.25, -0.2) is 4.39 Å². The summed E-state index contributed by atoms with van der Waals surface area (Å²) < 4.78 is 53.2. The van der Waals surface area contributed by atoms with Crippen molar-refractivity contribution in [1.29, 1.82) is 0 Å². The van der Waals surface area contributed by atoms with Crippen LogP contribution in [0.3, 0.4) is 0 Å². The van der Waals surface area contributed by atoms with Crippen LogP contribution in [-0.2, 0) is 6.54 Å². The van der Waals surface area contributed by atoms with E-state index in [1.807, 2.05) is 0 Å². The largest absolute Gasteiger partial charge is 0.406 e. The number of aromatic nitrogens is 2. The van der Waals surface area contributed by atoms with Crippen LogP contribution < -0.4 is 21.9 Å². The number of H-pyrrole nitrogens is 1. The predicted octanol–water partition coefficient (Wildman–Crippen LogP) is 4.41. The monoisotopic (exact) mass is 498 g/mol. The van der Waals surface area contributed by atoms with E-state index in [9.17, 15) is 31.9 Å². The first kappa shape index (κ1) is 24.5. The fourth-order valence-corrected chi connectivity index (χ4v) is 3.64. The van der Waals surface area contributed by atoms with Crippen LogP contribution in [0.25, 0.3) is 22.3 Å². The molecule has 0 aliphatic rings. The third-order valence-electron chi connectivity index (χ3n) is 5.26. The number of amides is 1. The number of rotatable bonds is 5. The average molecular weight is 498 g/mol. The highest BCUT2D eigenvalue weighted by molar-refractivity contribution is 6.04. The van der Waals surface area contributed by atoms with Gasteiger partial charge >= 0.3 is 6.18 Å². The molecule has 36 heavy (non-hydrogen) atoms. The number of hydrogen-bond donors (Lipinski definition) is 3. The Kier molecular flexibility index (Phi) is 6.47. The minimum Gasteiger partial charge on any atom is -0.385 e. The van der Waals surface area contributed by atoms with E-state index in [4.69, 9.17) is 5.73 Å². The van der Waals surface area contributed by atoms with Crippen LogP contribution in [0.15, 0.2) is 82.8 Å². The predicted molar refractivity (Wildman–Crippen MR) is 127 cm³/mol. The van der Waals surface area contributed by atoms with E-state index in [0.29, 0.717) is 10.1 Å². The van der Waals surface area contributed by atoms with E-state index in [1.165, 1.54) is 48.7 Å². The maximum absolute atomic E-state index is 13.3. The first-order valence-electron chi connectivity index (χ1n) is 10.5. The number of carbonyl (C=O) groups excluding carboxylic acids is 1. The number of pyridine rings is 2. The third kappa shape index (κ3) is 5.35. The lowest BCUT2D eigenvalue weighted by molar-refractivity contribution is -0.140. The average Bonchev–Trinajstić information content (AvgIpc) is 2.80. The van der Waals surface area contributed by atoms with Crippen molar-refractivity contribution in [3.05, 3.63) is 105 Å². The molecule has 0 aliphatic carbocycles. The molecule has 0 aliphatic heterocycles. The van der Waals surface area contributed by atoms with Crippen LogP contribution in [0.4, 0.5) is 29.1 Å². The summed E-state index contributed by atoms with van der Waals surface area (Å²) >= 11 is 0. The molecule has 4 aromatic rings. The molecule has 1 amide bonds. The molecule has 7 nitrogen and oxygen atoms in total. The minimum absolute atomic E-state index is 0.155. The minimum atomic E-state index is -4.62. The van der Waals surface area contributed by atoms with Gasteiger partial charge in [-0.1, -0.05) is 24.3 Å². The number of halogens is 4. The normalized spacial score (nSPS) is 11.3. The Morgan fingerprint density at radius 1 is 0.944 bits per heavy atom. The number of nitrogens with two attached hydrogens (primary N) is 1. The van der Waals surface area contributed by atoms with E-state index in [1.54, 1.807) is 0 Å². The second kappa shape index (κ2) is 9.53. The zero-order chi connectivity index (χ0) is 26.0. The van der Waals surface area contributed by atoms with Gasteiger partial charge in [0.1, 0.15) is 23.7 Å². The quantitative estimate of drug-likeness (QED) is 0.354. The Balaban J connectivity index is 1.68. The molecule has 4 N–H and O–H groups in total. The third-order valence-corrected chi connectivity index (χ3v) is 5.26. The van der Waals surface area contributed by atoms with Crippen LogP contribution in [0.5, 0.6) is 0 Å². The number of alkyl halides is 3. The Morgan fingerprint density at radius 3 is 2.19 bits per heavy atom. The summed E-state index contributed by atoms with van der Waals surface area (Å²) in [5.74, 6) is -1.38. The molecule has 184 valence electrons. The lowest BCUT2D eigenvalue weighted by Crippen LogP contribution is -2.27. The SMILES string of the molecule is Nc1[nH]ccc(=O)c1-c1ccc(NC(=O)c2cn(CC(F)(F)F)cc(-c3ccc(F)cc3)c2=O)cc1. The molecule has 0 unspecified atom stereocenters. The van der Waals surface area contributed by atoms with Crippen molar-refractivity contribution in [3.8, 4) is 22.3 Å². The molecule has 0 atom stereocenters. The maximum Gasteiger partial charge on any atom is 0.406 e. The molecule has 2 heterocycles. The van der Waals surface area contributed by atoms with Crippen LogP contribution in [0, 0.1) is 5.82 Å². The molecule has 0 saturated heterocycles. The van der Waals surface area contributed by atoms with Crippen LogP contribution in [0.2, 0.25) is 0 Å². The zero-order valence-corrected chi connectivity index (χ0v) is 18.4. The molecule has 11 heteroatoms. The molecule has 0 bridgehead atoms. The van der Waals surface area contributed by atoms with Gasteiger partial charge in [-0.15, -0.1) is 0 Å². The molecule has 0 spiro atoms. The lowest BCUT2D eigenvalue weighted by atomic mass is 10.0. The molecule has 0 radical (unpaired) electrons. The van der Waals surface area contributed by atoms with Gasteiger partial charge in [0.2, 0.25) is 5.43 Å². The second-order valence-corrected chi connectivity index (χ2v) is 7.87. The van der Waals surface area contributed by atoms with Gasteiger partial charge in [-0.3, -0.25) is 14.4 Å². The van der Waals surface area contributed by atoms with Crippen molar-refractivity contribution < 1.29 is 22.4 Å². The fraction of sp³-hybridized carbons (Fsp3) is 0.0800. The Bertz CT molecular complexity index is 1540. The van der Waals surface area contributed by atoms with Gasteiger partial charge in [0, 0.05) is 35.9 Å². The molecule has 2 aromatic heterocycles. The van der Waals surface area contributed by atoms with Gasteiger partial charge in [0.05, 0.1) is 5.56 Å². The summed E-state index contributed by atoms with van der Waals surface area (Å²) in [7, 11) is 0. The fourth-order valence-electron chi connectivity index (χ4n) is 3.64.